The number of rotatable bonds is 11. The number of aryl methyl sites for hydroxylation is 1. The smallest absolute Gasteiger partial charge is 0.349 e. The fourth-order valence-corrected chi connectivity index (χ4v) is 3.48. The summed E-state index contributed by atoms with van der Waals surface area (Å²) >= 11 is 0. The lowest BCUT2D eigenvalue weighted by Gasteiger charge is -2.10. The Labute approximate surface area is 194 Å². The van der Waals surface area contributed by atoms with Crippen molar-refractivity contribution in [2.24, 2.45) is 0 Å². The molecule has 176 valence electrons. The molecule has 33 heavy (non-hydrogen) atoms. The Kier molecular flexibility index (Phi) is 9.55. The zero-order valence-electron chi connectivity index (χ0n) is 19.9. The van der Waals surface area contributed by atoms with E-state index in [1.807, 2.05) is 38.1 Å². The average molecular weight is 454 g/mol. The number of carbonyl (C=O) groups excluding carboxylic acids is 2. The molecule has 1 amide bonds. The number of nitrogens with zero attached hydrogens (tertiary/aromatic N) is 2. The standard InChI is InChI=1S/C25H31N3O5/c1-6-11-28-17(2)12-20(18(28)3)14-21(15-26)25(30)33-16-24(29)27-10-9-19-7-8-22(31-4)23(13-19)32-5/h7-8,12-14H,6,9-11,16H2,1-5H3,(H,27,29)/b21-14+. The van der Waals surface area contributed by atoms with Gasteiger partial charge in [0.2, 0.25) is 0 Å². The molecule has 0 spiro atoms. The minimum Gasteiger partial charge on any atom is -0.493 e. The van der Waals surface area contributed by atoms with Crippen LogP contribution >= 0.6 is 0 Å². The molecule has 2 rings (SSSR count). The molecule has 1 N–H and O–H groups in total. The number of hydrogen-bond acceptors (Lipinski definition) is 6. The molecule has 0 unspecified atom stereocenters. The Morgan fingerprint density at radius 2 is 1.88 bits per heavy atom. The summed E-state index contributed by atoms with van der Waals surface area (Å²) in [6.45, 7) is 6.78. The number of nitriles is 1. The number of methoxy groups -OCH3 is 2. The summed E-state index contributed by atoms with van der Waals surface area (Å²) in [5.74, 6) is -0.0255. The molecule has 1 aromatic heterocycles. The minimum atomic E-state index is -0.826. The van der Waals surface area contributed by atoms with Gasteiger partial charge in [-0.1, -0.05) is 13.0 Å². The molecule has 0 saturated heterocycles. The molecule has 0 saturated carbocycles. The van der Waals surface area contributed by atoms with Crippen molar-refractivity contribution >= 4 is 18.0 Å². The minimum absolute atomic E-state index is 0.148. The first-order valence-corrected chi connectivity index (χ1v) is 10.8. The van der Waals surface area contributed by atoms with Gasteiger partial charge in [0.25, 0.3) is 5.91 Å². The Morgan fingerprint density at radius 3 is 2.52 bits per heavy atom. The van der Waals surface area contributed by atoms with Gasteiger partial charge < -0.3 is 24.1 Å². The highest BCUT2D eigenvalue weighted by atomic mass is 16.5. The molecule has 0 fully saturated rings. The van der Waals surface area contributed by atoms with Crippen molar-refractivity contribution in [1.29, 1.82) is 5.26 Å². The number of ether oxygens (including phenoxy) is 3. The highest BCUT2D eigenvalue weighted by molar-refractivity contribution is 5.99. The first-order valence-electron chi connectivity index (χ1n) is 10.8. The first kappa shape index (κ1) is 25.5. The van der Waals surface area contributed by atoms with E-state index in [0.717, 1.165) is 35.5 Å². The second-order valence-corrected chi connectivity index (χ2v) is 7.51. The van der Waals surface area contributed by atoms with Gasteiger partial charge in [-0.25, -0.2) is 4.79 Å². The summed E-state index contributed by atoms with van der Waals surface area (Å²) in [5.41, 5.74) is 3.63. The molecule has 0 aliphatic heterocycles. The molecule has 1 aromatic carbocycles. The van der Waals surface area contributed by atoms with Gasteiger partial charge in [-0.15, -0.1) is 0 Å². The molecule has 8 heteroatoms. The van der Waals surface area contributed by atoms with Gasteiger partial charge in [-0.2, -0.15) is 5.26 Å². The van der Waals surface area contributed by atoms with Crippen molar-refractivity contribution in [1.82, 2.24) is 9.88 Å². The van der Waals surface area contributed by atoms with Crippen LogP contribution in [0.2, 0.25) is 0 Å². The predicted octanol–water partition coefficient (Wildman–Crippen LogP) is 3.34. The van der Waals surface area contributed by atoms with Crippen molar-refractivity contribution in [2.45, 2.75) is 40.2 Å². The van der Waals surface area contributed by atoms with Crippen LogP contribution in [0.1, 0.15) is 35.9 Å². The average Bonchev–Trinajstić information content (AvgIpc) is 3.08. The van der Waals surface area contributed by atoms with Gasteiger partial charge in [-0.05, 0) is 62.1 Å². The topological polar surface area (TPSA) is 103 Å². The van der Waals surface area contributed by atoms with Gasteiger partial charge in [-0.3, -0.25) is 4.79 Å². The van der Waals surface area contributed by atoms with Gasteiger partial charge in [0, 0.05) is 24.5 Å². The molecule has 0 aliphatic carbocycles. The zero-order valence-corrected chi connectivity index (χ0v) is 19.9. The Morgan fingerprint density at radius 1 is 1.15 bits per heavy atom. The molecule has 0 radical (unpaired) electrons. The highest BCUT2D eigenvalue weighted by Gasteiger charge is 2.15. The number of nitrogens with one attached hydrogen (secondary N) is 1. The van der Waals surface area contributed by atoms with Crippen LogP contribution in [-0.4, -0.2) is 43.8 Å². The van der Waals surface area contributed by atoms with Crippen LogP contribution in [0.15, 0.2) is 29.8 Å². The fraction of sp³-hybridized carbons (Fsp3) is 0.400. The molecule has 8 nitrogen and oxygen atoms in total. The van der Waals surface area contributed by atoms with E-state index in [-0.39, 0.29) is 5.57 Å². The van der Waals surface area contributed by atoms with E-state index in [9.17, 15) is 14.9 Å². The second kappa shape index (κ2) is 12.3. The van der Waals surface area contributed by atoms with Crippen molar-refractivity contribution < 1.29 is 23.8 Å². The van der Waals surface area contributed by atoms with E-state index < -0.39 is 18.5 Å². The van der Waals surface area contributed by atoms with E-state index in [1.54, 1.807) is 20.3 Å². The van der Waals surface area contributed by atoms with E-state index in [1.165, 1.54) is 6.08 Å². The van der Waals surface area contributed by atoms with Crippen LogP contribution in [0.3, 0.4) is 0 Å². The van der Waals surface area contributed by atoms with Crippen molar-refractivity contribution in [3.63, 3.8) is 0 Å². The number of hydrogen-bond donors (Lipinski definition) is 1. The fourth-order valence-electron chi connectivity index (χ4n) is 3.48. The van der Waals surface area contributed by atoms with Crippen LogP contribution < -0.4 is 14.8 Å². The maximum atomic E-state index is 12.3. The largest absolute Gasteiger partial charge is 0.493 e. The maximum absolute atomic E-state index is 12.3. The van der Waals surface area contributed by atoms with Crippen molar-refractivity contribution in [3.8, 4) is 17.6 Å². The third kappa shape index (κ3) is 6.88. The highest BCUT2D eigenvalue weighted by Crippen LogP contribution is 2.27. The Balaban J connectivity index is 1.89. The Hall–Kier alpha value is -3.73. The van der Waals surface area contributed by atoms with Gasteiger partial charge in [0.1, 0.15) is 11.6 Å². The molecule has 1 heterocycles. The van der Waals surface area contributed by atoms with Gasteiger partial charge in [0.05, 0.1) is 14.2 Å². The van der Waals surface area contributed by atoms with Crippen LogP contribution in [0, 0.1) is 25.2 Å². The van der Waals surface area contributed by atoms with Crippen LogP contribution in [0.25, 0.3) is 6.08 Å². The third-order valence-corrected chi connectivity index (χ3v) is 5.22. The second-order valence-electron chi connectivity index (χ2n) is 7.51. The molecular formula is C25H31N3O5. The normalized spacial score (nSPS) is 11.0. The molecule has 0 atom stereocenters. The number of benzene rings is 1. The van der Waals surface area contributed by atoms with E-state index in [2.05, 4.69) is 16.8 Å². The SMILES string of the molecule is CCCn1c(C)cc(/C=C(\C#N)C(=O)OCC(=O)NCCc2ccc(OC)c(OC)c2)c1C. The summed E-state index contributed by atoms with van der Waals surface area (Å²) in [6.07, 6.45) is 3.05. The number of esters is 1. The number of amides is 1. The molecule has 0 aliphatic rings. The summed E-state index contributed by atoms with van der Waals surface area (Å²) in [5, 5.41) is 12.1. The number of carbonyl (C=O) groups is 2. The Bertz CT molecular complexity index is 1060. The van der Waals surface area contributed by atoms with Gasteiger partial charge in [0.15, 0.2) is 18.1 Å². The summed E-state index contributed by atoms with van der Waals surface area (Å²) in [4.78, 5) is 24.4. The summed E-state index contributed by atoms with van der Waals surface area (Å²) in [6, 6.07) is 9.32. The zero-order chi connectivity index (χ0) is 24.4. The monoisotopic (exact) mass is 453 g/mol. The lowest BCUT2D eigenvalue weighted by atomic mass is 10.1. The summed E-state index contributed by atoms with van der Waals surface area (Å²) in [7, 11) is 3.13. The van der Waals surface area contributed by atoms with Crippen molar-refractivity contribution in [2.75, 3.05) is 27.4 Å². The predicted molar refractivity (Wildman–Crippen MR) is 125 cm³/mol. The molecule has 0 bridgehead atoms. The van der Waals surface area contributed by atoms with Crippen LogP contribution in [0.5, 0.6) is 11.5 Å². The van der Waals surface area contributed by atoms with Crippen molar-refractivity contribution in [3.05, 3.63) is 52.4 Å². The maximum Gasteiger partial charge on any atom is 0.349 e. The van der Waals surface area contributed by atoms with E-state index in [4.69, 9.17) is 14.2 Å². The lowest BCUT2D eigenvalue weighted by Crippen LogP contribution is -2.30. The summed E-state index contributed by atoms with van der Waals surface area (Å²) < 4.78 is 17.7. The molecular weight excluding hydrogens is 422 g/mol. The molecule has 2 aromatic rings. The lowest BCUT2D eigenvalue weighted by molar-refractivity contribution is -0.144. The van der Waals surface area contributed by atoms with E-state index in [0.29, 0.717) is 24.5 Å². The third-order valence-electron chi connectivity index (χ3n) is 5.22. The quantitative estimate of drug-likeness (QED) is 0.318. The van der Waals surface area contributed by atoms with Gasteiger partial charge >= 0.3 is 5.97 Å². The van der Waals surface area contributed by atoms with Crippen LogP contribution in [-0.2, 0) is 27.3 Å². The first-order chi connectivity index (χ1) is 15.8. The number of aromatic nitrogens is 1. The van der Waals surface area contributed by atoms with E-state index >= 15 is 0 Å². The van der Waals surface area contributed by atoms with Crippen LogP contribution in [0.4, 0.5) is 0 Å².